The van der Waals surface area contributed by atoms with Crippen molar-refractivity contribution >= 4 is 11.4 Å². The van der Waals surface area contributed by atoms with Crippen molar-refractivity contribution in [1.82, 2.24) is 4.98 Å². The summed E-state index contributed by atoms with van der Waals surface area (Å²) in [7, 11) is 0. The van der Waals surface area contributed by atoms with Crippen molar-refractivity contribution < 1.29 is 9.18 Å². The highest BCUT2D eigenvalue weighted by Gasteiger charge is 2.59. The van der Waals surface area contributed by atoms with Crippen LogP contribution >= 0.6 is 0 Å². The maximum Gasteiger partial charge on any atom is 0.142 e. The molecule has 4 aliphatic carbocycles. The van der Waals surface area contributed by atoms with Crippen LogP contribution < -0.4 is 0 Å². The van der Waals surface area contributed by atoms with E-state index >= 15 is 0 Å². The molecule has 150 valence electrons. The van der Waals surface area contributed by atoms with Gasteiger partial charge in [-0.25, -0.2) is 4.39 Å². The second kappa shape index (κ2) is 6.24. The molecule has 0 spiro atoms. The van der Waals surface area contributed by atoms with Crippen LogP contribution in [0, 0.1) is 46.2 Å². The summed E-state index contributed by atoms with van der Waals surface area (Å²) in [6, 6.07) is 1.66. The largest absolute Gasteiger partial charge is 0.299 e. The Morgan fingerprint density at radius 3 is 2.68 bits per heavy atom. The minimum atomic E-state index is -0.243. The molecule has 0 radical (unpaired) electrons. The van der Waals surface area contributed by atoms with Gasteiger partial charge in [0.2, 0.25) is 0 Å². The third-order valence-electron chi connectivity index (χ3n) is 9.56. The van der Waals surface area contributed by atoms with Crippen LogP contribution in [-0.2, 0) is 4.79 Å². The standard InChI is InChI=1S/C25H32FNO/c1-15-19-5-4-18-21-7-6-20(16-12-17(26)14-27-13-16)25(21,3)10-8-22(18)24(19,2)11-9-23(15)28/h6,12-15,18-19,21-22H,4-5,7-11H2,1-3H3. The maximum absolute atomic E-state index is 13.8. The van der Waals surface area contributed by atoms with Crippen molar-refractivity contribution in [3.63, 3.8) is 0 Å². The number of aromatic nitrogens is 1. The lowest BCUT2D eigenvalue weighted by Crippen LogP contribution is -2.55. The molecule has 3 saturated carbocycles. The molecule has 1 aromatic heterocycles. The number of fused-ring (bicyclic) bond motifs is 5. The fourth-order valence-electron chi connectivity index (χ4n) is 8.10. The summed E-state index contributed by atoms with van der Waals surface area (Å²) in [6.07, 6.45) is 13.3. The number of ketones is 1. The summed E-state index contributed by atoms with van der Waals surface area (Å²) in [5.74, 6) is 3.17. The number of rotatable bonds is 1. The van der Waals surface area contributed by atoms with Gasteiger partial charge in [0.25, 0.3) is 0 Å². The molecule has 3 fully saturated rings. The lowest BCUT2D eigenvalue weighted by molar-refractivity contribution is -0.146. The van der Waals surface area contributed by atoms with Crippen molar-refractivity contribution in [1.29, 1.82) is 0 Å². The number of Topliss-reactive ketones (excluding diaryl/α,β-unsaturated/α-hetero) is 1. The number of halogens is 1. The third-order valence-corrected chi connectivity index (χ3v) is 9.56. The molecule has 0 aromatic carbocycles. The average Bonchev–Trinajstić information content (AvgIpc) is 3.02. The minimum absolute atomic E-state index is 0.135. The molecule has 0 aliphatic heterocycles. The molecular weight excluding hydrogens is 349 g/mol. The second-order valence-electron chi connectivity index (χ2n) is 10.5. The number of nitrogens with zero attached hydrogens (tertiary/aromatic N) is 1. The number of allylic oxidation sites excluding steroid dienone is 2. The van der Waals surface area contributed by atoms with Crippen LogP contribution in [0.25, 0.3) is 5.57 Å². The van der Waals surface area contributed by atoms with Crippen LogP contribution in [0.15, 0.2) is 24.5 Å². The molecule has 0 saturated heterocycles. The van der Waals surface area contributed by atoms with E-state index in [9.17, 15) is 9.18 Å². The van der Waals surface area contributed by atoms with Gasteiger partial charge in [0.05, 0.1) is 6.20 Å². The summed E-state index contributed by atoms with van der Waals surface area (Å²) < 4.78 is 13.8. The van der Waals surface area contributed by atoms with Gasteiger partial charge in [-0.1, -0.05) is 26.8 Å². The quantitative estimate of drug-likeness (QED) is 0.591. The molecule has 7 unspecified atom stereocenters. The number of carbonyl (C=O) groups excluding carboxylic acids is 1. The first-order valence-electron chi connectivity index (χ1n) is 11.2. The van der Waals surface area contributed by atoms with E-state index in [1.54, 1.807) is 6.07 Å². The normalized spacial score (nSPS) is 45.1. The Hall–Kier alpha value is -1.51. The van der Waals surface area contributed by atoms with Crippen LogP contribution in [-0.4, -0.2) is 10.8 Å². The minimum Gasteiger partial charge on any atom is -0.299 e. The Bertz CT molecular complexity index is 847. The number of carbonyl (C=O) groups is 1. The Morgan fingerprint density at radius 1 is 1.07 bits per heavy atom. The Morgan fingerprint density at radius 2 is 1.89 bits per heavy atom. The van der Waals surface area contributed by atoms with Gasteiger partial charge in [0.1, 0.15) is 11.6 Å². The summed E-state index contributed by atoms with van der Waals surface area (Å²) in [6.45, 7) is 7.10. The van der Waals surface area contributed by atoms with E-state index in [1.807, 2.05) is 6.20 Å². The topological polar surface area (TPSA) is 30.0 Å². The Kier molecular flexibility index (Phi) is 4.13. The smallest absolute Gasteiger partial charge is 0.142 e. The maximum atomic E-state index is 13.8. The molecule has 0 bridgehead atoms. The lowest BCUT2D eigenvalue weighted by Gasteiger charge is -2.61. The molecule has 1 aromatic rings. The van der Waals surface area contributed by atoms with E-state index in [2.05, 4.69) is 31.8 Å². The highest BCUT2D eigenvalue weighted by Crippen LogP contribution is 2.67. The van der Waals surface area contributed by atoms with Crippen LogP contribution in [0.3, 0.4) is 0 Å². The molecule has 0 amide bonds. The first kappa shape index (κ1) is 18.5. The van der Waals surface area contributed by atoms with Gasteiger partial charge in [-0.3, -0.25) is 9.78 Å². The van der Waals surface area contributed by atoms with Crippen LogP contribution in [0.4, 0.5) is 4.39 Å². The van der Waals surface area contributed by atoms with Crippen molar-refractivity contribution in [2.45, 2.75) is 65.7 Å². The predicted molar refractivity (Wildman–Crippen MR) is 109 cm³/mol. The van der Waals surface area contributed by atoms with Crippen LogP contribution in [0.1, 0.15) is 71.3 Å². The Balaban J connectivity index is 1.46. The van der Waals surface area contributed by atoms with Gasteiger partial charge in [-0.05, 0) is 90.2 Å². The van der Waals surface area contributed by atoms with Crippen molar-refractivity contribution in [2.75, 3.05) is 0 Å². The highest BCUT2D eigenvalue weighted by molar-refractivity contribution is 5.82. The third kappa shape index (κ3) is 2.44. The van der Waals surface area contributed by atoms with Gasteiger partial charge in [0.15, 0.2) is 0 Å². The van der Waals surface area contributed by atoms with Crippen molar-refractivity contribution in [3.05, 3.63) is 35.9 Å². The molecule has 7 atom stereocenters. The lowest BCUT2D eigenvalue weighted by atomic mass is 9.43. The zero-order valence-electron chi connectivity index (χ0n) is 17.4. The van der Waals surface area contributed by atoms with Crippen molar-refractivity contribution in [3.8, 4) is 0 Å². The molecule has 1 heterocycles. The summed E-state index contributed by atoms with van der Waals surface area (Å²) in [5, 5.41) is 0. The van der Waals surface area contributed by atoms with E-state index in [-0.39, 0.29) is 17.2 Å². The number of hydrogen-bond donors (Lipinski definition) is 0. The Labute approximate surface area is 168 Å². The molecule has 28 heavy (non-hydrogen) atoms. The van der Waals surface area contributed by atoms with E-state index in [4.69, 9.17) is 0 Å². The zero-order valence-corrected chi connectivity index (χ0v) is 17.4. The highest BCUT2D eigenvalue weighted by atomic mass is 19.1. The molecule has 3 heteroatoms. The first-order valence-corrected chi connectivity index (χ1v) is 11.2. The first-order chi connectivity index (χ1) is 13.3. The predicted octanol–water partition coefficient (Wildman–Crippen LogP) is 6.07. The van der Waals surface area contributed by atoms with Gasteiger partial charge < -0.3 is 0 Å². The summed E-state index contributed by atoms with van der Waals surface area (Å²) in [4.78, 5) is 16.5. The van der Waals surface area contributed by atoms with E-state index in [0.29, 0.717) is 23.0 Å². The fourth-order valence-corrected chi connectivity index (χ4v) is 8.10. The van der Waals surface area contributed by atoms with E-state index in [1.165, 1.54) is 37.5 Å². The second-order valence-corrected chi connectivity index (χ2v) is 10.5. The average molecular weight is 382 g/mol. The summed E-state index contributed by atoms with van der Waals surface area (Å²) >= 11 is 0. The fraction of sp³-hybridized carbons (Fsp3) is 0.680. The van der Waals surface area contributed by atoms with Crippen LogP contribution in [0.5, 0.6) is 0 Å². The molecule has 4 aliphatic rings. The number of hydrogen-bond acceptors (Lipinski definition) is 2. The van der Waals surface area contributed by atoms with Gasteiger partial charge in [-0.2, -0.15) is 0 Å². The molecule has 5 rings (SSSR count). The monoisotopic (exact) mass is 381 g/mol. The zero-order chi connectivity index (χ0) is 19.7. The SMILES string of the molecule is CC1C(=O)CCC2(C)C1CCC1C3CC=C(c4cncc(F)c4)C3(C)CCC12. The summed E-state index contributed by atoms with van der Waals surface area (Å²) in [5.41, 5.74) is 2.75. The van der Waals surface area contributed by atoms with E-state index < -0.39 is 0 Å². The molecule has 2 nitrogen and oxygen atoms in total. The molecular formula is C25H32FNO. The van der Waals surface area contributed by atoms with Crippen molar-refractivity contribution in [2.24, 2.45) is 40.4 Å². The number of pyridine rings is 1. The van der Waals surface area contributed by atoms with Gasteiger partial charge in [-0.15, -0.1) is 0 Å². The molecule has 0 N–H and O–H groups in total. The van der Waals surface area contributed by atoms with Crippen LogP contribution in [0.2, 0.25) is 0 Å². The van der Waals surface area contributed by atoms with E-state index in [0.717, 1.165) is 36.7 Å². The van der Waals surface area contributed by atoms with Gasteiger partial charge >= 0.3 is 0 Å². The van der Waals surface area contributed by atoms with Gasteiger partial charge in [0, 0.05) is 18.5 Å².